The van der Waals surface area contributed by atoms with Crippen molar-refractivity contribution < 1.29 is 9.18 Å². The summed E-state index contributed by atoms with van der Waals surface area (Å²) in [7, 11) is 0. The van der Waals surface area contributed by atoms with Gasteiger partial charge in [-0.3, -0.25) is 4.79 Å². The van der Waals surface area contributed by atoms with Gasteiger partial charge in [0, 0.05) is 15.5 Å². The highest BCUT2D eigenvalue weighted by atomic mass is 35.5. The maximum atomic E-state index is 13.6. The zero-order valence-electron chi connectivity index (χ0n) is 8.33. The van der Waals surface area contributed by atoms with Crippen LogP contribution in [0.4, 0.5) is 4.39 Å². The summed E-state index contributed by atoms with van der Waals surface area (Å²) in [6.45, 7) is 1.79. The van der Waals surface area contributed by atoms with Crippen molar-refractivity contribution in [3.05, 3.63) is 38.9 Å². The summed E-state index contributed by atoms with van der Waals surface area (Å²) in [4.78, 5) is 15.4. The van der Waals surface area contributed by atoms with Crippen LogP contribution in [0.15, 0.2) is 18.2 Å². The zero-order valence-corrected chi connectivity index (χ0v) is 9.90. The van der Waals surface area contributed by atoms with Gasteiger partial charge in [-0.2, -0.15) is 0 Å². The normalized spacial score (nSPS) is 10.4. The molecule has 0 saturated carbocycles. The summed E-state index contributed by atoms with van der Waals surface area (Å²) in [5.41, 5.74) is 0.807. The summed E-state index contributed by atoms with van der Waals surface area (Å²) in [5.74, 6) is -0.393. The van der Waals surface area contributed by atoms with Crippen LogP contribution in [0.3, 0.4) is 0 Å². The number of benzene rings is 1. The second-order valence-electron chi connectivity index (χ2n) is 3.20. The number of hydrogen-bond donors (Lipinski definition) is 0. The molecule has 0 N–H and O–H groups in total. The fourth-order valence-electron chi connectivity index (χ4n) is 1.40. The first-order chi connectivity index (χ1) is 7.61. The molecule has 1 aromatic carbocycles. The molecule has 1 heterocycles. The average molecular weight is 256 g/mol. The average Bonchev–Trinajstić information content (AvgIpc) is 2.63. The second-order valence-corrected chi connectivity index (χ2v) is 4.87. The van der Waals surface area contributed by atoms with Crippen LogP contribution in [0.1, 0.15) is 14.7 Å². The third kappa shape index (κ3) is 1.99. The van der Waals surface area contributed by atoms with E-state index in [1.54, 1.807) is 6.92 Å². The Morgan fingerprint density at radius 2 is 2.25 bits per heavy atom. The molecule has 0 bridgehead atoms. The monoisotopic (exact) mass is 255 g/mol. The van der Waals surface area contributed by atoms with E-state index in [1.165, 1.54) is 29.5 Å². The van der Waals surface area contributed by atoms with Crippen molar-refractivity contribution in [3.63, 3.8) is 0 Å². The van der Waals surface area contributed by atoms with Crippen LogP contribution in [0, 0.1) is 12.7 Å². The summed E-state index contributed by atoms with van der Waals surface area (Å²) in [5, 5.41) is 0.781. The van der Waals surface area contributed by atoms with Crippen molar-refractivity contribution in [2.45, 2.75) is 6.92 Å². The van der Waals surface area contributed by atoms with E-state index in [1.807, 2.05) is 0 Å². The Kier molecular flexibility index (Phi) is 3.03. The Bertz CT molecular complexity index is 553. The highest BCUT2D eigenvalue weighted by molar-refractivity contribution is 7.13. The van der Waals surface area contributed by atoms with Crippen molar-refractivity contribution in [2.24, 2.45) is 0 Å². The Morgan fingerprint density at radius 1 is 1.50 bits per heavy atom. The number of aryl methyl sites for hydroxylation is 1. The van der Waals surface area contributed by atoms with Gasteiger partial charge in [-0.1, -0.05) is 11.6 Å². The zero-order chi connectivity index (χ0) is 11.7. The van der Waals surface area contributed by atoms with Gasteiger partial charge in [0.15, 0.2) is 11.3 Å². The van der Waals surface area contributed by atoms with E-state index in [4.69, 9.17) is 11.6 Å². The maximum absolute atomic E-state index is 13.6. The van der Waals surface area contributed by atoms with Gasteiger partial charge in [0.2, 0.25) is 0 Å². The molecule has 82 valence electrons. The Hall–Kier alpha value is -1.26. The molecule has 0 atom stereocenters. The molecule has 5 heteroatoms. The first kappa shape index (κ1) is 11.2. The number of halogens is 2. The standard InChI is InChI=1S/C11H7ClFNOS/c1-6-11(14-10(5-15)16-6)8-4-7(12)2-3-9(8)13/h2-5H,1H3. The Morgan fingerprint density at radius 3 is 2.88 bits per heavy atom. The number of hydrogen-bond acceptors (Lipinski definition) is 3. The number of aldehydes is 1. The quantitative estimate of drug-likeness (QED) is 0.766. The Labute approximate surface area is 101 Å². The number of thiazole rings is 1. The molecular formula is C11H7ClFNOS. The molecule has 0 unspecified atom stereocenters. The minimum Gasteiger partial charge on any atom is -0.295 e. The van der Waals surface area contributed by atoms with Gasteiger partial charge in [-0.05, 0) is 25.1 Å². The smallest absolute Gasteiger partial charge is 0.178 e. The van der Waals surface area contributed by atoms with Crippen LogP contribution >= 0.6 is 22.9 Å². The summed E-state index contributed by atoms with van der Waals surface area (Å²) in [6, 6.07) is 4.27. The molecule has 1 aromatic heterocycles. The lowest BCUT2D eigenvalue weighted by atomic mass is 10.1. The molecule has 0 saturated heterocycles. The molecule has 0 amide bonds. The van der Waals surface area contributed by atoms with Crippen LogP contribution in [-0.4, -0.2) is 11.3 Å². The SMILES string of the molecule is Cc1sc(C=O)nc1-c1cc(Cl)ccc1F. The maximum Gasteiger partial charge on any atom is 0.178 e. The number of carbonyl (C=O) groups excluding carboxylic acids is 1. The van der Waals surface area contributed by atoms with Crippen molar-refractivity contribution in [1.29, 1.82) is 0 Å². The van der Waals surface area contributed by atoms with Gasteiger partial charge in [0.05, 0.1) is 5.69 Å². The highest BCUT2D eigenvalue weighted by Gasteiger charge is 2.13. The largest absolute Gasteiger partial charge is 0.295 e. The molecule has 0 spiro atoms. The molecule has 0 fully saturated rings. The summed E-state index contributed by atoms with van der Waals surface area (Å²) in [6.07, 6.45) is 0.656. The molecular weight excluding hydrogens is 249 g/mol. The Balaban J connectivity index is 2.61. The second kappa shape index (κ2) is 4.31. The molecule has 0 aliphatic rings. The summed E-state index contributed by atoms with van der Waals surface area (Å²) < 4.78 is 13.6. The van der Waals surface area contributed by atoms with E-state index >= 15 is 0 Å². The van der Waals surface area contributed by atoms with Crippen molar-refractivity contribution in [1.82, 2.24) is 4.98 Å². The molecule has 2 nitrogen and oxygen atoms in total. The van der Waals surface area contributed by atoms with Crippen LogP contribution in [0.25, 0.3) is 11.3 Å². The van der Waals surface area contributed by atoms with E-state index in [0.717, 1.165) is 4.88 Å². The first-order valence-corrected chi connectivity index (χ1v) is 5.69. The number of aromatic nitrogens is 1. The lowest BCUT2D eigenvalue weighted by Gasteiger charge is -2.01. The minimum atomic E-state index is -0.393. The van der Waals surface area contributed by atoms with E-state index in [2.05, 4.69) is 4.98 Å². The summed E-state index contributed by atoms with van der Waals surface area (Å²) >= 11 is 7.03. The van der Waals surface area contributed by atoms with Crippen molar-refractivity contribution >= 4 is 29.2 Å². The van der Waals surface area contributed by atoms with E-state index in [-0.39, 0.29) is 0 Å². The highest BCUT2D eigenvalue weighted by Crippen LogP contribution is 2.30. The molecule has 16 heavy (non-hydrogen) atoms. The van der Waals surface area contributed by atoms with Gasteiger partial charge in [-0.15, -0.1) is 11.3 Å². The van der Waals surface area contributed by atoms with Gasteiger partial charge in [0.1, 0.15) is 5.82 Å². The van der Waals surface area contributed by atoms with Crippen LogP contribution in [0.2, 0.25) is 5.02 Å². The van der Waals surface area contributed by atoms with Gasteiger partial charge < -0.3 is 0 Å². The van der Waals surface area contributed by atoms with Gasteiger partial charge in [0.25, 0.3) is 0 Å². The minimum absolute atomic E-state index is 0.328. The molecule has 0 radical (unpaired) electrons. The third-order valence-electron chi connectivity index (χ3n) is 2.10. The van der Waals surface area contributed by atoms with Gasteiger partial charge >= 0.3 is 0 Å². The van der Waals surface area contributed by atoms with E-state index < -0.39 is 5.82 Å². The predicted molar refractivity (Wildman–Crippen MR) is 62.6 cm³/mol. The predicted octanol–water partition coefficient (Wildman–Crippen LogP) is 3.72. The fraction of sp³-hybridized carbons (Fsp3) is 0.0909. The molecule has 0 aliphatic carbocycles. The lowest BCUT2D eigenvalue weighted by molar-refractivity contribution is 0.112. The topological polar surface area (TPSA) is 30.0 Å². The fourth-order valence-corrected chi connectivity index (χ4v) is 2.32. The van der Waals surface area contributed by atoms with Crippen LogP contribution in [0.5, 0.6) is 0 Å². The van der Waals surface area contributed by atoms with E-state index in [9.17, 15) is 9.18 Å². The first-order valence-electron chi connectivity index (χ1n) is 4.50. The third-order valence-corrected chi connectivity index (χ3v) is 3.23. The van der Waals surface area contributed by atoms with Gasteiger partial charge in [-0.25, -0.2) is 9.37 Å². The number of carbonyl (C=O) groups is 1. The van der Waals surface area contributed by atoms with E-state index in [0.29, 0.717) is 27.6 Å². The molecule has 2 aromatic rings. The molecule has 2 rings (SSSR count). The van der Waals surface area contributed by atoms with Crippen molar-refractivity contribution in [3.8, 4) is 11.3 Å². The number of rotatable bonds is 2. The number of nitrogens with zero attached hydrogens (tertiary/aromatic N) is 1. The van der Waals surface area contributed by atoms with Crippen molar-refractivity contribution in [2.75, 3.05) is 0 Å². The molecule has 0 aliphatic heterocycles. The lowest BCUT2D eigenvalue weighted by Crippen LogP contribution is -1.87. The van der Waals surface area contributed by atoms with Crippen LogP contribution < -0.4 is 0 Å². The van der Waals surface area contributed by atoms with Crippen LogP contribution in [-0.2, 0) is 0 Å².